The van der Waals surface area contributed by atoms with Crippen molar-refractivity contribution < 1.29 is 9.59 Å². The van der Waals surface area contributed by atoms with Gasteiger partial charge in [0.1, 0.15) is 5.71 Å². The molecule has 0 spiro atoms. The standard InChI is InChI=1S/C13H24N4O2/c1-10(2)9-17(8-7-16(3)4)13(19)11-5-6-12(18)15-14-11/h10H,5-9H2,1-4H3,(H,15,18). The van der Waals surface area contributed by atoms with Gasteiger partial charge in [-0.15, -0.1) is 0 Å². The van der Waals surface area contributed by atoms with E-state index in [-0.39, 0.29) is 11.8 Å². The van der Waals surface area contributed by atoms with Crippen LogP contribution in [0.3, 0.4) is 0 Å². The average molecular weight is 268 g/mol. The molecule has 1 heterocycles. The zero-order chi connectivity index (χ0) is 14.4. The number of rotatable bonds is 6. The average Bonchev–Trinajstić information content (AvgIpc) is 2.34. The first-order chi connectivity index (χ1) is 8.90. The molecule has 0 atom stereocenters. The van der Waals surface area contributed by atoms with E-state index in [9.17, 15) is 9.59 Å². The Hall–Kier alpha value is -1.43. The zero-order valence-electron chi connectivity index (χ0n) is 12.3. The number of hydrogen-bond donors (Lipinski definition) is 1. The van der Waals surface area contributed by atoms with E-state index in [4.69, 9.17) is 0 Å². The normalized spacial score (nSPS) is 15.5. The predicted molar refractivity (Wildman–Crippen MR) is 74.8 cm³/mol. The molecule has 0 aliphatic carbocycles. The van der Waals surface area contributed by atoms with Crippen LogP contribution in [-0.4, -0.2) is 61.1 Å². The molecule has 6 nitrogen and oxygen atoms in total. The SMILES string of the molecule is CC(C)CN(CCN(C)C)C(=O)C1=NNC(=O)CC1. The van der Waals surface area contributed by atoms with Crippen molar-refractivity contribution in [2.24, 2.45) is 11.0 Å². The molecule has 108 valence electrons. The van der Waals surface area contributed by atoms with Crippen LogP contribution in [0.1, 0.15) is 26.7 Å². The molecule has 1 aliphatic heterocycles. The van der Waals surface area contributed by atoms with Gasteiger partial charge in [-0.05, 0) is 20.0 Å². The van der Waals surface area contributed by atoms with Crippen LogP contribution in [0.5, 0.6) is 0 Å². The first-order valence-electron chi connectivity index (χ1n) is 6.69. The Labute approximate surface area is 114 Å². The van der Waals surface area contributed by atoms with Crippen LogP contribution < -0.4 is 5.43 Å². The van der Waals surface area contributed by atoms with Gasteiger partial charge in [-0.1, -0.05) is 13.8 Å². The molecule has 6 heteroatoms. The second-order valence-corrected chi connectivity index (χ2v) is 5.54. The summed E-state index contributed by atoms with van der Waals surface area (Å²) in [7, 11) is 3.97. The maximum atomic E-state index is 12.4. The lowest BCUT2D eigenvalue weighted by atomic mass is 10.1. The van der Waals surface area contributed by atoms with Crippen molar-refractivity contribution in [3.05, 3.63) is 0 Å². The smallest absolute Gasteiger partial charge is 0.270 e. The van der Waals surface area contributed by atoms with Gasteiger partial charge >= 0.3 is 0 Å². The molecule has 0 aromatic rings. The van der Waals surface area contributed by atoms with E-state index in [1.54, 1.807) is 0 Å². The molecule has 1 rings (SSSR count). The second-order valence-electron chi connectivity index (χ2n) is 5.54. The third-order valence-corrected chi connectivity index (χ3v) is 2.84. The molecule has 0 aromatic carbocycles. The fourth-order valence-corrected chi connectivity index (χ4v) is 1.85. The highest BCUT2D eigenvalue weighted by atomic mass is 16.2. The van der Waals surface area contributed by atoms with Gasteiger partial charge in [0.25, 0.3) is 5.91 Å². The molecule has 1 N–H and O–H groups in total. The molecule has 0 saturated carbocycles. The van der Waals surface area contributed by atoms with Gasteiger partial charge in [-0.25, -0.2) is 5.43 Å². The van der Waals surface area contributed by atoms with Crippen molar-refractivity contribution in [1.82, 2.24) is 15.2 Å². The summed E-state index contributed by atoms with van der Waals surface area (Å²) >= 11 is 0. The molecule has 0 aromatic heterocycles. The van der Waals surface area contributed by atoms with Crippen molar-refractivity contribution in [3.8, 4) is 0 Å². The highest BCUT2D eigenvalue weighted by molar-refractivity contribution is 6.39. The first kappa shape index (κ1) is 15.6. The number of carbonyl (C=O) groups is 2. The Morgan fingerprint density at radius 3 is 2.47 bits per heavy atom. The van der Waals surface area contributed by atoms with Crippen LogP contribution in [0.2, 0.25) is 0 Å². The zero-order valence-corrected chi connectivity index (χ0v) is 12.3. The lowest BCUT2D eigenvalue weighted by molar-refractivity contribution is -0.125. The molecule has 0 bridgehead atoms. The van der Waals surface area contributed by atoms with Gasteiger partial charge in [0.2, 0.25) is 5.91 Å². The highest BCUT2D eigenvalue weighted by Gasteiger charge is 2.23. The Bertz CT molecular complexity index is 364. The van der Waals surface area contributed by atoms with E-state index in [0.717, 1.165) is 6.54 Å². The molecular formula is C13H24N4O2. The number of nitrogens with zero attached hydrogens (tertiary/aromatic N) is 3. The lowest BCUT2D eigenvalue weighted by Crippen LogP contribution is -2.44. The van der Waals surface area contributed by atoms with Gasteiger partial charge in [-0.3, -0.25) is 9.59 Å². The Balaban J connectivity index is 2.67. The molecule has 0 fully saturated rings. The quantitative estimate of drug-likeness (QED) is 0.753. The minimum Gasteiger partial charge on any atom is -0.336 e. The first-order valence-corrected chi connectivity index (χ1v) is 6.69. The molecule has 2 amide bonds. The summed E-state index contributed by atoms with van der Waals surface area (Å²) < 4.78 is 0. The van der Waals surface area contributed by atoms with E-state index in [1.807, 2.05) is 23.9 Å². The largest absolute Gasteiger partial charge is 0.336 e. The topological polar surface area (TPSA) is 65.0 Å². The Kier molecular flexibility index (Phi) is 5.95. The lowest BCUT2D eigenvalue weighted by Gasteiger charge is -2.27. The van der Waals surface area contributed by atoms with Crippen molar-refractivity contribution in [2.45, 2.75) is 26.7 Å². The predicted octanol–water partition coefficient (Wildman–Crippen LogP) is 0.299. The molecule has 0 saturated heterocycles. The second kappa shape index (κ2) is 7.23. The van der Waals surface area contributed by atoms with Gasteiger partial charge in [0.05, 0.1) is 0 Å². The molecule has 19 heavy (non-hydrogen) atoms. The summed E-state index contributed by atoms with van der Waals surface area (Å²) in [5.41, 5.74) is 2.83. The van der Waals surface area contributed by atoms with Crippen molar-refractivity contribution in [2.75, 3.05) is 33.7 Å². The summed E-state index contributed by atoms with van der Waals surface area (Å²) in [5, 5.41) is 3.88. The fourth-order valence-electron chi connectivity index (χ4n) is 1.85. The summed E-state index contributed by atoms with van der Waals surface area (Å²) in [6, 6.07) is 0. The van der Waals surface area contributed by atoms with E-state index in [1.165, 1.54) is 0 Å². The van der Waals surface area contributed by atoms with E-state index >= 15 is 0 Å². The summed E-state index contributed by atoms with van der Waals surface area (Å²) in [4.78, 5) is 27.3. The molecule has 0 unspecified atom stereocenters. The van der Waals surface area contributed by atoms with Gasteiger partial charge < -0.3 is 9.80 Å². The number of hydrazone groups is 1. The maximum absolute atomic E-state index is 12.4. The number of likely N-dealkylation sites (N-methyl/N-ethyl adjacent to an activating group) is 1. The van der Waals surface area contributed by atoms with Crippen molar-refractivity contribution in [1.29, 1.82) is 0 Å². The highest BCUT2D eigenvalue weighted by Crippen LogP contribution is 2.06. The molecular weight excluding hydrogens is 244 g/mol. The number of amides is 2. The minimum absolute atomic E-state index is 0.0597. The van der Waals surface area contributed by atoms with E-state index in [0.29, 0.717) is 37.6 Å². The van der Waals surface area contributed by atoms with Gasteiger partial charge in [0, 0.05) is 32.5 Å². The van der Waals surface area contributed by atoms with Crippen LogP contribution in [-0.2, 0) is 9.59 Å². The third kappa shape index (κ3) is 5.38. The number of carbonyl (C=O) groups excluding carboxylic acids is 2. The van der Waals surface area contributed by atoms with Crippen LogP contribution in [0.25, 0.3) is 0 Å². The monoisotopic (exact) mass is 268 g/mol. The Morgan fingerprint density at radius 1 is 1.32 bits per heavy atom. The minimum atomic E-state index is -0.125. The van der Waals surface area contributed by atoms with Crippen LogP contribution in [0.4, 0.5) is 0 Å². The van der Waals surface area contributed by atoms with Gasteiger partial charge in [0.15, 0.2) is 0 Å². The molecule has 0 radical (unpaired) electrons. The fraction of sp³-hybridized carbons (Fsp3) is 0.769. The number of nitrogens with one attached hydrogen (secondary N) is 1. The summed E-state index contributed by atoms with van der Waals surface area (Å²) in [6.07, 6.45) is 0.773. The van der Waals surface area contributed by atoms with Crippen molar-refractivity contribution in [3.63, 3.8) is 0 Å². The summed E-state index contributed by atoms with van der Waals surface area (Å²) in [6.45, 7) is 6.37. The van der Waals surface area contributed by atoms with Crippen LogP contribution >= 0.6 is 0 Å². The summed E-state index contributed by atoms with van der Waals surface area (Å²) in [5.74, 6) is 0.223. The Morgan fingerprint density at radius 2 is 2.00 bits per heavy atom. The maximum Gasteiger partial charge on any atom is 0.270 e. The van der Waals surface area contributed by atoms with E-state index < -0.39 is 0 Å². The number of hydrogen-bond acceptors (Lipinski definition) is 4. The van der Waals surface area contributed by atoms with Gasteiger partial charge in [-0.2, -0.15) is 5.10 Å². The van der Waals surface area contributed by atoms with Crippen LogP contribution in [0, 0.1) is 5.92 Å². The molecule has 1 aliphatic rings. The van der Waals surface area contributed by atoms with Crippen molar-refractivity contribution >= 4 is 17.5 Å². The van der Waals surface area contributed by atoms with Crippen LogP contribution in [0.15, 0.2) is 5.10 Å². The van der Waals surface area contributed by atoms with E-state index in [2.05, 4.69) is 24.4 Å². The third-order valence-electron chi connectivity index (χ3n) is 2.84.